The van der Waals surface area contributed by atoms with Crippen LogP contribution in [0.1, 0.15) is 46.4 Å². The van der Waals surface area contributed by atoms with Gasteiger partial charge in [0.2, 0.25) is 0 Å². The van der Waals surface area contributed by atoms with Crippen molar-refractivity contribution in [1.82, 2.24) is 4.90 Å². The highest BCUT2D eigenvalue weighted by Crippen LogP contribution is 2.36. The number of likely N-dealkylation sites (tertiary alicyclic amines) is 1. The third kappa shape index (κ3) is 2.99. The molecule has 1 saturated heterocycles. The standard InChI is InChI=1S/C17H19NO3/c1-21-17(20)15-6-4-14(5-7-15)16(19)18-10-8-13(9-11-18)12-2-3-12/h4-7H,2-3,8-11H2,1H3. The van der Waals surface area contributed by atoms with Gasteiger partial charge >= 0.3 is 5.97 Å². The van der Waals surface area contributed by atoms with Crippen molar-refractivity contribution in [2.45, 2.75) is 25.7 Å². The molecule has 1 heterocycles. The number of nitrogens with zero attached hydrogens (tertiary/aromatic N) is 1. The van der Waals surface area contributed by atoms with E-state index in [0.717, 1.165) is 25.9 Å². The van der Waals surface area contributed by atoms with Crippen LogP contribution in [0.15, 0.2) is 35.4 Å². The normalized spacial score (nSPS) is 17.7. The van der Waals surface area contributed by atoms with Crippen molar-refractivity contribution in [3.8, 4) is 0 Å². The Bertz CT molecular complexity index is 585. The lowest BCUT2D eigenvalue weighted by Crippen LogP contribution is -2.36. The molecule has 4 nitrogen and oxygen atoms in total. The Hall–Kier alpha value is -2.10. The SMILES string of the molecule is COC(=O)c1ccc(C(=O)N2CCC(=C3CC3)CC2)cc1. The summed E-state index contributed by atoms with van der Waals surface area (Å²) in [5.74, 6) is -0.334. The third-order valence-corrected chi connectivity index (χ3v) is 4.21. The lowest BCUT2D eigenvalue weighted by Gasteiger charge is -2.28. The zero-order chi connectivity index (χ0) is 14.8. The topological polar surface area (TPSA) is 46.6 Å². The van der Waals surface area contributed by atoms with Crippen LogP contribution in [-0.2, 0) is 4.74 Å². The van der Waals surface area contributed by atoms with E-state index < -0.39 is 0 Å². The number of piperidine rings is 1. The summed E-state index contributed by atoms with van der Waals surface area (Å²) in [6, 6.07) is 6.67. The fraction of sp³-hybridized carbons (Fsp3) is 0.412. The molecule has 21 heavy (non-hydrogen) atoms. The molecule has 1 aromatic carbocycles. The minimum Gasteiger partial charge on any atom is -0.465 e. The second-order valence-electron chi connectivity index (χ2n) is 5.57. The van der Waals surface area contributed by atoms with E-state index in [0.29, 0.717) is 11.1 Å². The zero-order valence-corrected chi connectivity index (χ0v) is 12.2. The highest BCUT2D eigenvalue weighted by Gasteiger charge is 2.25. The number of benzene rings is 1. The van der Waals surface area contributed by atoms with Gasteiger partial charge in [-0.05, 0) is 49.9 Å². The van der Waals surface area contributed by atoms with Crippen molar-refractivity contribution >= 4 is 11.9 Å². The summed E-state index contributed by atoms with van der Waals surface area (Å²) < 4.78 is 4.65. The smallest absolute Gasteiger partial charge is 0.337 e. The molecule has 1 aromatic rings. The fourth-order valence-corrected chi connectivity index (χ4v) is 2.80. The van der Waals surface area contributed by atoms with E-state index in [2.05, 4.69) is 4.74 Å². The van der Waals surface area contributed by atoms with Gasteiger partial charge < -0.3 is 9.64 Å². The maximum atomic E-state index is 12.4. The molecule has 0 bridgehead atoms. The first-order chi connectivity index (χ1) is 10.2. The highest BCUT2D eigenvalue weighted by molar-refractivity contribution is 5.96. The van der Waals surface area contributed by atoms with Gasteiger partial charge in [-0.25, -0.2) is 4.79 Å². The molecule has 0 spiro atoms. The van der Waals surface area contributed by atoms with E-state index in [-0.39, 0.29) is 11.9 Å². The van der Waals surface area contributed by atoms with Gasteiger partial charge in [-0.1, -0.05) is 11.1 Å². The number of amides is 1. The van der Waals surface area contributed by atoms with Gasteiger partial charge in [0.25, 0.3) is 5.91 Å². The van der Waals surface area contributed by atoms with E-state index in [1.165, 1.54) is 20.0 Å². The molecule has 0 N–H and O–H groups in total. The van der Waals surface area contributed by atoms with E-state index in [1.54, 1.807) is 35.4 Å². The molecule has 1 aliphatic heterocycles. The fourth-order valence-electron chi connectivity index (χ4n) is 2.80. The van der Waals surface area contributed by atoms with E-state index >= 15 is 0 Å². The van der Waals surface area contributed by atoms with Crippen molar-refractivity contribution in [3.63, 3.8) is 0 Å². The monoisotopic (exact) mass is 285 g/mol. The van der Waals surface area contributed by atoms with Crippen LogP contribution < -0.4 is 0 Å². The summed E-state index contributed by atoms with van der Waals surface area (Å²) in [5, 5.41) is 0. The molecule has 1 amide bonds. The summed E-state index contributed by atoms with van der Waals surface area (Å²) in [4.78, 5) is 25.7. The predicted octanol–water partition coefficient (Wildman–Crippen LogP) is 2.80. The molecular weight excluding hydrogens is 266 g/mol. The van der Waals surface area contributed by atoms with Crippen LogP contribution in [-0.4, -0.2) is 37.0 Å². The maximum absolute atomic E-state index is 12.4. The summed E-state index contributed by atoms with van der Waals surface area (Å²) >= 11 is 0. The number of esters is 1. The first-order valence-corrected chi connectivity index (χ1v) is 7.36. The molecule has 1 aliphatic carbocycles. The largest absolute Gasteiger partial charge is 0.465 e. The van der Waals surface area contributed by atoms with Crippen molar-refractivity contribution in [3.05, 3.63) is 46.5 Å². The molecular formula is C17H19NO3. The molecule has 4 heteroatoms. The Morgan fingerprint density at radius 1 is 0.905 bits per heavy atom. The van der Waals surface area contributed by atoms with Gasteiger partial charge in [0.1, 0.15) is 0 Å². The molecule has 3 rings (SSSR count). The number of carbonyl (C=O) groups excluding carboxylic acids is 2. The second-order valence-corrected chi connectivity index (χ2v) is 5.57. The van der Waals surface area contributed by atoms with Crippen LogP contribution in [0.25, 0.3) is 0 Å². The number of methoxy groups -OCH3 is 1. The lowest BCUT2D eigenvalue weighted by molar-refractivity contribution is 0.0599. The first kappa shape index (κ1) is 13.9. The Morgan fingerprint density at radius 3 is 1.95 bits per heavy atom. The van der Waals surface area contributed by atoms with E-state index in [4.69, 9.17) is 0 Å². The number of allylic oxidation sites excluding steroid dienone is 1. The van der Waals surface area contributed by atoms with Crippen molar-refractivity contribution in [2.75, 3.05) is 20.2 Å². The molecule has 0 atom stereocenters. The number of carbonyl (C=O) groups is 2. The summed E-state index contributed by atoms with van der Waals surface area (Å²) in [6.45, 7) is 1.60. The third-order valence-electron chi connectivity index (χ3n) is 4.21. The molecule has 2 aliphatic rings. The molecule has 2 fully saturated rings. The van der Waals surface area contributed by atoms with E-state index in [1.807, 2.05) is 4.90 Å². The summed E-state index contributed by atoms with van der Waals surface area (Å²) in [6.07, 6.45) is 4.55. The van der Waals surface area contributed by atoms with Crippen molar-refractivity contribution in [2.24, 2.45) is 0 Å². The molecule has 1 saturated carbocycles. The Balaban J connectivity index is 1.65. The van der Waals surface area contributed by atoms with Crippen LogP contribution in [0.4, 0.5) is 0 Å². The molecule has 0 aromatic heterocycles. The maximum Gasteiger partial charge on any atom is 0.337 e. The Morgan fingerprint density at radius 2 is 1.43 bits per heavy atom. The molecule has 110 valence electrons. The average Bonchev–Trinajstić information content (AvgIpc) is 3.39. The van der Waals surface area contributed by atoms with Crippen molar-refractivity contribution in [1.29, 1.82) is 0 Å². The Kier molecular flexibility index (Phi) is 3.78. The van der Waals surface area contributed by atoms with Crippen LogP contribution in [0.5, 0.6) is 0 Å². The van der Waals surface area contributed by atoms with Crippen LogP contribution >= 0.6 is 0 Å². The van der Waals surface area contributed by atoms with Crippen molar-refractivity contribution < 1.29 is 14.3 Å². The van der Waals surface area contributed by atoms with Crippen LogP contribution in [0.3, 0.4) is 0 Å². The van der Waals surface area contributed by atoms with Gasteiger partial charge in [-0.3, -0.25) is 4.79 Å². The number of hydrogen-bond donors (Lipinski definition) is 0. The van der Waals surface area contributed by atoms with Crippen LogP contribution in [0, 0.1) is 0 Å². The Labute approximate surface area is 124 Å². The number of hydrogen-bond acceptors (Lipinski definition) is 3. The van der Waals surface area contributed by atoms with Gasteiger partial charge in [-0.15, -0.1) is 0 Å². The minimum atomic E-state index is -0.382. The average molecular weight is 285 g/mol. The predicted molar refractivity (Wildman–Crippen MR) is 79.2 cm³/mol. The van der Waals surface area contributed by atoms with Gasteiger partial charge in [0.05, 0.1) is 12.7 Å². The van der Waals surface area contributed by atoms with Gasteiger partial charge in [0, 0.05) is 18.7 Å². The lowest BCUT2D eigenvalue weighted by atomic mass is 10.0. The summed E-state index contributed by atoms with van der Waals surface area (Å²) in [5.41, 5.74) is 4.28. The zero-order valence-electron chi connectivity index (χ0n) is 12.2. The molecule has 0 unspecified atom stereocenters. The number of ether oxygens (including phenoxy) is 1. The van der Waals surface area contributed by atoms with E-state index in [9.17, 15) is 9.59 Å². The number of rotatable bonds is 2. The van der Waals surface area contributed by atoms with Gasteiger partial charge in [0.15, 0.2) is 0 Å². The second kappa shape index (κ2) is 5.72. The van der Waals surface area contributed by atoms with Crippen LogP contribution in [0.2, 0.25) is 0 Å². The highest BCUT2D eigenvalue weighted by atomic mass is 16.5. The van der Waals surface area contributed by atoms with Gasteiger partial charge in [-0.2, -0.15) is 0 Å². The summed E-state index contributed by atoms with van der Waals surface area (Å²) in [7, 11) is 1.35. The molecule has 0 radical (unpaired) electrons. The minimum absolute atomic E-state index is 0.0475. The first-order valence-electron chi connectivity index (χ1n) is 7.36. The quantitative estimate of drug-likeness (QED) is 0.620.